The lowest BCUT2D eigenvalue weighted by molar-refractivity contribution is -0.121. The molecule has 2 aromatic rings. The summed E-state index contributed by atoms with van der Waals surface area (Å²) < 4.78 is 5.51. The van der Waals surface area contributed by atoms with Gasteiger partial charge < -0.3 is 15.0 Å². The van der Waals surface area contributed by atoms with Gasteiger partial charge in [0.25, 0.3) is 0 Å². The zero-order valence-corrected chi connectivity index (χ0v) is 16.9. The van der Waals surface area contributed by atoms with Crippen LogP contribution >= 0.6 is 0 Å². The molecule has 1 heterocycles. The molecule has 3 rings (SSSR count). The van der Waals surface area contributed by atoms with Crippen molar-refractivity contribution in [2.24, 2.45) is 0 Å². The molecule has 2 aromatic carbocycles. The number of hydrogen-bond donors (Lipinski definition) is 1. The van der Waals surface area contributed by atoms with E-state index < -0.39 is 0 Å². The summed E-state index contributed by atoms with van der Waals surface area (Å²) in [4.78, 5) is 16.9. The molecule has 0 bridgehead atoms. The number of nitrogens with one attached hydrogen (secondary N) is 1. The molecule has 1 N–H and O–H groups in total. The predicted octanol–water partition coefficient (Wildman–Crippen LogP) is 2.87. The standard InChI is InChI=1S/C23H31N3O2/c1-25(2)21-11-9-20(10-12-21)22(26-14-16-28-17-15-26)18-24-23(27)13-8-19-6-4-3-5-7-19/h3-7,9-12,22H,8,13-18H2,1-2H3,(H,24,27)/t22-/m0/s1. The molecule has 5 heteroatoms. The number of carbonyl (C=O) groups is 1. The number of carbonyl (C=O) groups excluding carboxylic acids is 1. The third kappa shape index (κ3) is 5.81. The number of morpholine rings is 1. The Morgan fingerprint density at radius 3 is 2.39 bits per heavy atom. The third-order valence-electron chi connectivity index (χ3n) is 5.26. The van der Waals surface area contributed by atoms with Gasteiger partial charge in [0.1, 0.15) is 0 Å². The SMILES string of the molecule is CN(C)c1ccc([C@H](CNC(=O)CCc2ccccc2)N2CCOCC2)cc1. The lowest BCUT2D eigenvalue weighted by atomic mass is 10.0. The summed E-state index contributed by atoms with van der Waals surface area (Å²) in [6.45, 7) is 3.89. The fraction of sp³-hybridized carbons (Fsp3) is 0.435. The molecule has 1 fully saturated rings. The predicted molar refractivity (Wildman–Crippen MR) is 114 cm³/mol. The van der Waals surface area contributed by atoms with Crippen molar-refractivity contribution in [3.63, 3.8) is 0 Å². The molecule has 0 saturated carbocycles. The van der Waals surface area contributed by atoms with Crippen molar-refractivity contribution in [1.82, 2.24) is 10.2 Å². The molecule has 28 heavy (non-hydrogen) atoms. The van der Waals surface area contributed by atoms with E-state index in [9.17, 15) is 4.79 Å². The van der Waals surface area contributed by atoms with E-state index in [2.05, 4.69) is 51.5 Å². The summed E-state index contributed by atoms with van der Waals surface area (Å²) in [6, 6.07) is 18.9. The fourth-order valence-electron chi connectivity index (χ4n) is 3.54. The van der Waals surface area contributed by atoms with Crippen LogP contribution in [-0.4, -0.2) is 57.8 Å². The topological polar surface area (TPSA) is 44.8 Å². The lowest BCUT2D eigenvalue weighted by Gasteiger charge is -2.35. The van der Waals surface area contributed by atoms with E-state index in [1.54, 1.807) is 0 Å². The molecule has 1 amide bonds. The minimum absolute atomic E-state index is 0.104. The van der Waals surface area contributed by atoms with Crippen molar-refractivity contribution < 1.29 is 9.53 Å². The van der Waals surface area contributed by atoms with Gasteiger partial charge >= 0.3 is 0 Å². The van der Waals surface area contributed by atoms with Gasteiger partial charge in [-0.3, -0.25) is 9.69 Å². The number of hydrogen-bond acceptors (Lipinski definition) is 4. The average Bonchev–Trinajstić information content (AvgIpc) is 2.74. The molecule has 1 aliphatic rings. The summed E-state index contributed by atoms with van der Waals surface area (Å²) in [7, 11) is 4.09. The Morgan fingerprint density at radius 2 is 1.75 bits per heavy atom. The van der Waals surface area contributed by atoms with Crippen LogP contribution < -0.4 is 10.2 Å². The number of nitrogens with zero attached hydrogens (tertiary/aromatic N) is 2. The first-order valence-corrected chi connectivity index (χ1v) is 10.0. The zero-order valence-electron chi connectivity index (χ0n) is 16.9. The minimum Gasteiger partial charge on any atom is -0.379 e. The molecule has 0 spiro atoms. The van der Waals surface area contributed by atoms with E-state index in [0.717, 1.165) is 32.7 Å². The minimum atomic E-state index is 0.104. The summed E-state index contributed by atoms with van der Waals surface area (Å²) >= 11 is 0. The van der Waals surface area contributed by atoms with Gasteiger partial charge in [-0.2, -0.15) is 0 Å². The van der Waals surface area contributed by atoms with Gasteiger partial charge in [0.2, 0.25) is 5.91 Å². The highest BCUT2D eigenvalue weighted by Gasteiger charge is 2.23. The van der Waals surface area contributed by atoms with Gasteiger partial charge in [0.15, 0.2) is 0 Å². The maximum absolute atomic E-state index is 12.4. The number of amides is 1. The molecule has 0 radical (unpaired) electrons. The number of benzene rings is 2. The first-order chi connectivity index (χ1) is 13.6. The summed E-state index contributed by atoms with van der Waals surface area (Å²) in [5.41, 5.74) is 3.61. The molecule has 1 atom stereocenters. The normalized spacial score (nSPS) is 15.8. The van der Waals surface area contributed by atoms with E-state index in [1.807, 2.05) is 32.3 Å². The van der Waals surface area contributed by atoms with E-state index in [1.165, 1.54) is 16.8 Å². The van der Waals surface area contributed by atoms with Gasteiger partial charge in [-0.15, -0.1) is 0 Å². The Labute approximate surface area is 168 Å². The Morgan fingerprint density at radius 1 is 1.07 bits per heavy atom. The highest BCUT2D eigenvalue weighted by Crippen LogP contribution is 2.24. The first kappa shape index (κ1) is 20.4. The van der Waals surface area contributed by atoms with Crippen molar-refractivity contribution in [2.75, 3.05) is 51.8 Å². The van der Waals surface area contributed by atoms with Crippen LogP contribution in [0.15, 0.2) is 54.6 Å². The van der Waals surface area contributed by atoms with Gasteiger partial charge in [-0.1, -0.05) is 42.5 Å². The van der Waals surface area contributed by atoms with E-state index in [4.69, 9.17) is 4.74 Å². The quantitative estimate of drug-likeness (QED) is 0.764. The smallest absolute Gasteiger partial charge is 0.220 e. The molecule has 1 saturated heterocycles. The second-order valence-electron chi connectivity index (χ2n) is 7.44. The monoisotopic (exact) mass is 381 g/mol. The van der Waals surface area contributed by atoms with Crippen molar-refractivity contribution in [3.05, 3.63) is 65.7 Å². The number of aryl methyl sites for hydroxylation is 1. The Bertz CT molecular complexity index is 725. The third-order valence-corrected chi connectivity index (χ3v) is 5.26. The van der Waals surface area contributed by atoms with Crippen molar-refractivity contribution in [2.45, 2.75) is 18.9 Å². The molecule has 150 valence electrons. The molecule has 5 nitrogen and oxygen atoms in total. The Hall–Kier alpha value is -2.37. The zero-order chi connectivity index (χ0) is 19.8. The van der Waals surface area contributed by atoms with Gasteiger partial charge in [-0.25, -0.2) is 0 Å². The highest BCUT2D eigenvalue weighted by atomic mass is 16.5. The van der Waals surface area contributed by atoms with Crippen LogP contribution in [-0.2, 0) is 16.0 Å². The highest BCUT2D eigenvalue weighted by molar-refractivity contribution is 5.76. The van der Waals surface area contributed by atoms with E-state index in [0.29, 0.717) is 13.0 Å². The summed E-state index contributed by atoms with van der Waals surface area (Å²) in [6.07, 6.45) is 1.28. The molecule has 0 aliphatic carbocycles. The molecule has 0 aromatic heterocycles. The molecule has 1 aliphatic heterocycles. The number of rotatable bonds is 8. The molecular weight excluding hydrogens is 350 g/mol. The van der Waals surface area contributed by atoms with Crippen molar-refractivity contribution in [1.29, 1.82) is 0 Å². The fourth-order valence-corrected chi connectivity index (χ4v) is 3.54. The van der Waals surface area contributed by atoms with Gasteiger partial charge in [-0.05, 0) is 29.7 Å². The molecule has 0 unspecified atom stereocenters. The summed E-state index contributed by atoms with van der Waals surface area (Å²) in [5, 5.41) is 3.15. The second-order valence-corrected chi connectivity index (χ2v) is 7.44. The first-order valence-electron chi connectivity index (χ1n) is 10.0. The second kappa shape index (κ2) is 10.2. The van der Waals surface area contributed by atoms with Crippen LogP contribution in [0.25, 0.3) is 0 Å². The van der Waals surface area contributed by atoms with Crippen LogP contribution in [0.1, 0.15) is 23.6 Å². The van der Waals surface area contributed by atoms with Crippen molar-refractivity contribution >= 4 is 11.6 Å². The van der Waals surface area contributed by atoms with Crippen LogP contribution in [0.3, 0.4) is 0 Å². The van der Waals surface area contributed by atoms with Crippen LogP contribution in [0.4, 0.5) is 5.69 Å². The number of ether oxygens (including phenoxy) is 1. The Balaban J connectivity index is 1.61. The van der Waals surface area contributed by atoms with Crippen LogP contribution in [0.2, 0.25) is 0 Å². The van der Waals surface area contributed by atoms with E-state index >= 15 is 0 Å². The Kier molecular flexibility index (Phi) is 7.46. The van der Waals surface area contributed by atoms with Gasteiger partial charge in [0.05, 0.1) is 19.3 Å². The average molecular weight is 382 g/mol. The molecular formula is C23H31N3O2. The summed E-state index contributed by atoms with van der Waals surface area (Å²) in [5.74, 6) is 0.104. The van der Waals surface area contributed by atoms with Crippen LogP contribution in [0, 0.1) is 0 Å². The van der Waals surface area contributed by atoms with Crippen LogP contribution in [0.5, 0.6) is 0 Å². The number of anilines is 1. The maximum atomic E-state index is 12.4. The lowest BCUT2D eigenvalue weighted by Crippen LogP contribution is -2.43. The van der Waals surface area contributed by atoms with E-state index in [-0.39, 0.29) is 11.9 Å². The largest absolute Gasteiger partial charge is 0.379 e. The van der Waals surface area contributed by atoms with Gasteiger partial charge in [0, 0.05) is 45.8 Å². The maximum Gasteiger partial charge on any atom is 0.220 e. The van der Waals surface area contributed by atoms with Crippen molar-refractivity contribution in [3.8, 4) is 0 Å².